The zero-order valence-electron chi connectivity index (χ0n) is 13.8. The Bertz CT molecular complexity index is 765. The van der Waals surface area contributed by atoms with E-state index in [0.717, 1.165) is 5.56 Å². The van der Waals surface area contributed by atoms with E-state index in [1.165, 1.54) is 6.92 Å². The minimum Gasteiger partial charge on any atom is -0.453 e. The van der Waals surface area contributed by atoms with Gasteiger partial charge in [0.15, 0.2) is 11.6 Å². The van der Waals surface area contributed by atoms with Crippen LogP contribution in [0.25, 0.3) is 0 Å². The second-order valence-electron chi connectivity index (χ2n) is 5.55. The molecule has 0 aromatic heterocycles. The number of aryl methyl sites for hydroxylation is 1. The summed E-state index contributed by atoms with van der Waals surface area (Å²) in [5.41, 5.74) is 7.75. The molecule has 2 rings (SSSR count). The SMILES string of the molecule is CC[C@@H](N)c1ccc(Cl)c(Oc2ccc(NC(C)=O)c(C)c2)c1F. The third kappa shape index (κ3) is 4.04. The number of nitrogens with two attached hydrogens (primary N) is 1. The lowest BCUT2D eigenvalue weighted by molar-refractivity contribution is -0.114. The summed E-state index contributed by atoms with van der Waals surface area (Å²) in [5, 5.41) is 2.88. The molecular weight excluding hydrogens is 331 g/mol. The van der Waals surface area contributed by atoms with Crippen molar-refractivity contribution in [1.29, 1.82) is 0 Å². The van der Waals surface area contributed by atoms with Gasteiger partial charge in [-0.2, -0.15) is 0 Å². The van der Waals surface area contributed by atoms with Crippen LogP contribution in [0.5, 0.6) is 11.5 Å². The topological polar surface area (TPSA) is 64.3 Å². The Balaban J connectivity index is 2.34. The third-order valence-corrected chi connectivity index (χ3v) is 3.94. The number of nitrogens with one attached hydrogen (secondary N) is 1. The zero-order chi connectivity index (χ0) is 17.9. The molecule has 3 N–H and O–H groups in total. The van der Waals surface area contributed by atoms with Gasteiger partial charge in [0.05, 0.1) is 5.02 Å². The van der Waals surface area contributed by atoms with Gasteiger partial charge in [0.25, 0.3) is 0 Å². The highest BCUT2D eigenvalue weighted by molar-refractivity contribution is 6.32. The van der Waals surface area contributed by atoms with Crippen LogP contribution in [0.4, 0.5) is 10.1 Å². The lowest BCUT2D eigenvalue weighted by Gasteiger charge is -2.16. The molecule has 24 heavy (non-hydrogen) atoms. The number of halogens is 2. The second-order valence-corrected chi connectivity index (χ2v) is 5.96. The molecule has 0 aliphatic carbocycles. The normalized spacial score (nSPS) is 11.9. The van der Waals surface area contributed by atoms with E-state index < -0.39 is 11.9 Å². The lowest BCUT2D eigenvalue weighted by Crippen LogP contribution is -2.11. The first kappa shape index (κ1) is 18.2. The van der Waals surface area contributed by atoms with Gasteiger partial charge in [0.2, 0.25) is 5.91 Å². The van der Waals surface area contributed by atoms with Crippen molar-refractivity contribution in [3.63, 3.8) is 0 Å². The average molecular weight is 351 g/mol. The summed E-state index contributed by atoms with van der Waals surface area (Å²) in [6, 6.07) is 7.76. The quantitative estimate of drug-likeness (QED) is 0.802. The first-order valence-corrected chi connectivity index (χ1v) is 8.00. The predicted molar refractivity (Wildman–Crippen MR) is 94.2 cm³/mol. The van der Waals surface area contributed by atoms with E-state index >= 15 is 0 Å². The minimum atomic E-state index is -0.555. The summed E-state index contributed by atoms with van der Waals surface area (Å²) in [6.07, 6.45) is 0.600. The molecule has 2 aromatic carbocycles. The first-order chi connectivity index (χ1) is 11.3. The maximum atomic E-state index is 14.7. The van der Waals surface area contributed by atoms with Crippen LogP contribution in [0.15, 0.2) is 30.3 Å². The fourth-order valence-corrected chi connectivity index (χ4v) is 2.48. The molecule has 1 amide bonds. The number of carbonyl (C=O) groups is 1. The molecule has 0 radical (unpaired) electrons. The molecule has 0 saturated carbocycles. The van der Waals surface area contributed by atoms with Gasteiger partial charge in [-0.05, 0) is 43.2 Å². The molecule has 0 unspecified atom stereocenters. The summed E-state index contributed by atoms with van der Waals surface area (Å²) in [7, 11) is 0. The number of ether oxygens (including phenoxy) is 1. The van der Waals surface area contributed by atoms with Gasteiger partial charge < -0.3 is 15.8 Å². The Hall–Kier alpha value is -2.11. The summed E-state index contributed by atoms with van der Waals surface area (Å²) < 4.78 is 20.3. The Morgan fingerprint density at radius 3 is 2.67 bits per heavy atom. The van der Waals surface area contributed by atoms with Crippen molar-refractivity contribution in [2.24, 2.45) is 5.73 Å². The molecule has 0 fully saturated rings. The van der Waals surface area contributed by atoms with Crippen molar-refractivity contribution < 1.29 is 13.9 Å². The van der Waals surface area contributed by atoms with Crippen molar-refractivity contribution in [1.82, 2.24) is 0 Å². The van der Waals surface area contributed by atoms with Crippen LogP contribution in [0.1, 0.15) is 37.4 Å². The Labute approximate surface area is 145 Å². The van der Waals surface area contributed by atoms with Crippen molar-refractivity contribution in [2.75, 3.05) is 5.32 Å². The summed E-state index contributed by atoms with van der Waals surface area (Å²) in [4.78, 5) is 11.1. The fraction of sp³-hybridized carbons (Fsp3) is 0.278. The Morgan fingerprint density at radius 1 is 1.38 bits per heavy atom. The molecule has 0 aliphatic heterocycles. The number of benzene rings is 2. The molecule has 128 valence electrons. The number of anilines is 1. The predicted octanol–water partition coefficient (Wildman–Crippen LogP) is 4.95. The second kappa shape index (κ2) is 7.64. The van der Waals surface area contributed by atoms with E-state index in [9.17, 15) is 9.18 Å². The standard InChI is InChI=1S/C18H20ClFN2O2/c1-4-15(21)13-6-7-14(19)18(17(13)20)24-12-5-8-16(10(2)9-12)22-11(3)23/h5-9,15H,4,21H2,1-3H3,(H,22,23)/t15-/m1/s1. The zero-order valence-corrected chi connectivity index (χ0v) is 14.6. The number of carbonyl (C=O) groups excluding carboxylic acids is 1. The smallest absolute Gasteiger partial charge is 0.221 e. The van der Waals surface area contributed by atoms with Crippen LogP contribution < -0.4 is 15.8 Å². The van der Waals surface area contributed by atoms with Gasteiger partial charge in [-0.3, -0.25) is 4.79 Å². The molecule has 0 heterocycles. The van der Waals surface area contributed by atoms with E-state index in [2.05, 4.69) is 5.32 Å². The lowest BCUT2D eigenvalue weighted by atomic mass is 10.0. The molecule has 0 spiro atoms. The average Bonchev–Trinajstić information content (AvgIpc) is 2.53. The van der Waals surface area contributed by atoms with Crippen LogP contribution in [0, 0.1) is 12.7 Å². The highest BCUT2D eigenvalue weighted by Gasteiger charge is 2.18. The molecule has 0 aliphatic rings. The number of amides is 1. The summed E-state index contributed by atoms with van der Waals surface area (Å²) >= 11 is 6.08. The maximum absolute atomic E-state index is 14.7. The molecule has 0 bridgehead atoms. The van der Waals surface area contributed by atoms with Crippen molar-refractivity contribution >= 4 is 23.2 Å². The molecule has 1 atom stereocenters. The van der Waals surface area contributed by atoms with Crippen molar-refractivity contribution in [3.8, 4) is 11.5 Å². The van der Waals surface area contributed by atoms with Gasteiger partial charge in [0, 0.05) is 24.2 Å². The monoisotopic (exact) mass is 350 g/mol. The van der Waals surface area contributed by atoms with E-state index in [1.54, 1.807) is 30.3 Å². The molecule has 6 heteroatoms. The molecule has 0 saturated heterocycles. The minimum absolute atomic E-state index is 0.0512. The molecule has 2 aromatic rings. The highest BCUT2D eigenvalue weighted by Crippen LogP contribution is 2.36. The van der Waals surface area contributed by atoms with E-state index in [-0.39, 0.29) is 16.7 Å². The van der Waals surface area contributed by atoms with Crippen molar-refractivity contribution in [3.05, 3.63) is 52.3 Å². The molecule has 4 nitrogen and oxygen atoms in total. The largest absolute Gasteiger partial charge is 0.453 e. The van der Waals surface area contributed by atoms with Crippen LogP contribution in [-0.4, -0.2) is 5.91 Å². The number of hydrogen-bond donors (Lipinski definition) is 2. The van der Waals surface area contributed by atoms with Crippen LogP contribution in [0.2, 0.25) is 5.02 Å². The van der Waals surface area contributed by atoms with Crippen LogP contribution >= 0.6 is 11.6 Å². The summed E-state index contributed by atoms with van der Waals surface area (Å²) in [5.74, 6) is -0.350. The Kier molecular flexibility index (Phi) is 5.80. The highest BCUT2D eigenvalue weighted by atomic mass is 35.5. The van der Waals surface area contributed by atoms with Crippen molar-refractivity contribution in [2.45, 2.75) is 33.2 Å². The van der Waals surface area contributed by atoms with E-state index in [1.807, 2.05) is 13.8 Å². The first-order valence-electron chi connectivity index (χ1n) is 7.63. The van der Waals surface area contributed by atoms with Gasteiger partial charge in [0.1, 0.15) is 5.75 Å². The Morgan fingerprint density at radius 2 is 2.08 bits per heavy atom. The van der Waals surface area contributed by atoms with Gasteiger partial charge in [-0.15, -0.1) is 0 Å². The fourth-order valence-electron chi connectivity index (χ4n) is 2.29. The maximum Gasteiger partial charge on any atom is 0.221 e. The third-order valence-electron chi connectivity index (χ3n) is 3.65. The number of hydrogen-bond acceptors (Lipinski definition) is 3. The number of rotatable bonds is 5. The van der Waals surface area contributed by atoms with Gasteiger partial charge in [-0.25, -0.2) is 4.39 Å². The van der Waals surface area contributed by atoms with Gasteiger partial charge >= 0.3 is 0 Å². The van der Waals surface area contributed by atoms with Crippen LogP contribution in [-0.2, 0) is 4.79 Å². The van der Waals surface area contributed by atoms with Crippen LogP contribution in [0.3, 0.4) is 0 Å². The van der Waals surface area contributed by atoms with E-state index in [4.69, 9.17) is 22.1 Å². The van der Waals surface area contributed by atoms with Gasteiger partial charge in [-0.1, -0.05) is 24.6 Å². The van der Waals surface area contributed by atoms with E-state index in [0.29, 0.717) is 23.4 Å². The molecular formula is C18H20ClFN2O2. The summed E-state index contributed by atoms with van der Waals surface area (Å²) in [6.45, 7) is 5.13.